The van der Waals surface area contributed by atoms with Crippen molar-refractivity contribution in [3.8, 4) is 6.07 Å². The zero-order valence-corrected chi connectivity index (χ0v) is 15.5. The van der Waals surface area contributed by atoms with Crippen molar-refractivity contribution < 1.29 is 14.3 Å². The molecule has 2 aromatic carbocycles. The van der Waals surface area contributed by atoms with Gasteiger partial charge in [-0.1, -0.05) is 11.8 Å². The summed E-state index contributed by atoms with van der Waals surface area (Å²) in [5.74, 6) is -0.853. The van der Waals surface area contributed by atoms with E-state index in [4.69, 9.17) is 5.26 Å². The number of anilines is 2. The maximum absolute atomic E-state index is 13.7. The Morgan fingerprint density at radius 3 is 2.57 bits per heavy atom. The van der Waals surface area contributed by atoms with E-state index in [0.29, 0.717) is 40.8 Å². The van der Waals surface area contributed by atoms with Crippen LogP contribution in [0.2, 0.25) is 0 Å². The van der Waals surface area contributed by atoms with Gasteiger partial charge < -0.3 is 10.4 Å². The summed E-state index contributed by atoms with van der Waals surface area (Å²) in [6.45, 7) is 0. The molecular weight excluding hydrogens is 379 g/mol. The van der Waals surface area contributed by atoms with Gasteiger partial charge in [0.1, 0.15) is 16.4 Å². The van der Waals surface area contributed by atoms with Crippen LogP contribution in [-0.4, -0.2) is 25.8 Å². The van der Waals surface area contributed by atoms with Crippen molar-refractivity contribution in [2.75, 3.05) is 5.32 Å². The average molecular weight is 394 g/mol. The number of nitrogens with zero attached hydrogens (tertiary/aromatic N) is 3. The van der Waals surface area contributed by atoms with Gasteiger partial charge in [0.05, 0.1) is 17.1 Å². The van der Waals surface area contributed by atoms with Crippen LogP contribution in [0, 0.1) is 17.1 Å². The molecule has 1 fully saturated rings. The highest BCUT2D eigenvalue weighted by Crippen LogP contribution is 2.47. The normalized spacial score (nSPS) is 14.9. The van der Waals surface area contributed by atoms with Crippen LogP contribution >= 0.6 is 11.8 Å². The molecule has 1 saturated carbocycles. The Bertz CT molecular complexity index is 1110. The molecule has 0 radical (unpaired) electrons. The molecule has 1 aromatic heterocycles. The summed E-state index contributed by atoms with van der Waals surface area (Å²) in [5, 5.41) is 22.6. The van der Waals surface area contributed by atoms with Crippen LogP contribution in [0.1, 0.15) is 24.8 Å². The number of carboxylic acids is 1. The lowest BCUT2D eigenvalue weighted by molar-refractivity contribution is -0.142. The van der Waals surface area contributed by atoms with Gasteiger partial charge in [0.15, 0.2) is 5.16 Å². The fraction of sp³-hybridized carbons (Fsp3) is 0.200. The minimum atomic E-state index is -0.924. The number of aliphatic carboxylic acids is 1. The first-order valence-corrected chi connectivity index (χ1v) is 9.48. The summed E-state index contributed by atoms with van der Waals surface area (Å²) in [7, 11) is 0. The molecule has 6 nitrogen and oxygen atoms in total. The van der Waals surface area contributed by atoms with Gasteiger partial charge in [-0.2, -0.15) is 5.26 Å². The van der Waals surface area contributed by atoms with Crippen LogP contribution in [0.5, 0.6) is 0 Å². The second kappa shape index (κ2) is 7.09. The SMILES string of the molecule is N#Cc1ccc(Nc2nc(SC3(C(=O)O)CCC3)nc3cc(F)ccc23)cc1. The third-order valence-electron chi connectivity index (χ3n) is 4.75. The molecule has 3 aromatic rings. The molecule has 0 bridgehead atoms. The van der Waals surface area contributed by atoms with Crippen LogP contribution in [0.4, 0.5) is 15.9 Å². The predicted molar refractivity (Wildman–Crippen MR) is 104 cm³/mol. The summed E-state index contributed by atoms with van der Waals surface area (Å²) in [6.07, 6.45) is 1.95. The maximum atomic E-state index is 13.7. The van der Waals surface area contributed by atoms with E-state index in [9.17, 15) is 14.3 Å². The standard InChI is InChI=1S/C20H15FN4O2S/c21-13-4-7-15-16(10-13)24-19(28-20(18(26)27)8-1-9-20)25-17(15)23-14-5-2-12(11-22)3-6-14/h2-7,10H,1,8-9H2,(H,26,27)(H,23,24,25). The zero-order chi connectivity index (χ0) is 19.7. The molecule has 0 aliphatic heterocycles. The third-order valence-corrected chi connectivity index (χ3v) is 6.09. The maximum Gasteiger partial charge on any atom is 0.320 e. The quantitative estimate of drug-likeness (QED) is 0.615. The summed E-state index contributed by atoms with van der Waals surface area (Å²) in [4.78, 5) is 20.6. The number of hydrogen-bond acceptors (Lipinski definition) is 6. The summed E-state index contributed by atoms with van der Waals surface area (Å²) >= 11 is 1.11. The van der Waals surface area contributed by atoms with Gasteiger partial charge in [0.25, 0.3) is 0 Å². The number of rotatable bonds is 5. The first kappa shape index (κ1) is 18.2. The number of hydrogen-bond donors (Lipinski definition) is 2. The lowest BCUT2D eigenvalue weighted by atomic mass is 9.84. The van der Waals surface area contributed by atoms with Crippen LogP contribution in [0.3, 0.4) is 0 Å². The van der Waals surface area contributed by atoms with E-state index in [1.807, 2.05) is 0 Å². The van der Waals surface area contributed by atoms with Crippen LogP contribution in [-0.2, 0) is 4.79 Å². The van der Waals surface area contributed by atoms with E-state index in [1.165, 1.54) is 12.1 Å². The topological polar surface area (TPSA) is 98.9 Å². The second-order valence-corrected chi connectivity index (χ2v) is 7.94. The monoisotopic (exact) mass is 394 g/mol. The second-order valence-electron chi connectivity index (χ2n) is 6.59. The van der Waals surface area contributed by atoms with Gasteiger partial charge in [-0.3, -0.25) is 4.79 Å². The first-order chi connectivity index (χ1) is 13.5. The van der Waals surface area contributed by atoms with Gasteiger partial charge in [0.2, 0.25) is 0 Å². The Balaban J connectivity index is 1.75. The molecule has 0 unspecified atom stereocenters. The number of fused-ring (bicyclic) bond motifs is 1. The minimum absolute atomic E-state index is 0.288. The Morgan fingerprint density at radius 1 is 1.21 bits per heavy atom. The molecule has 0 saturated heterocycles. The number of halogens is 1. The molecule has 2 N–H and O–H groups in total. The number of nitriles is 1. The highest BCUT2D eigenvalue weighted by atomic mass is 32.2. The van der Waals surface area contributed by atoms with E-state index in [-0.39, 0.29) is 5.16 Å². The largest absolute Gasteiger partial charge is 0.480 e. The molecule has 1 aliphatic carbocycles. The van der Waals surface area contributed by atoms with Crippen molar-refractivity contribution in [1.82, 2.24) is 9.97 Å². The third kappa shape index (κ3) is 3.37. The number of benzene rings is 2. The molecule has 0 atom stereocenters. The van der Waals surface area contributed by atoms with Crippen molar-refractivity contribution in [2.24, 2.45) is 0 Å². The lowest BCUT2D eigenvalue weighted by Gasteiger charge is -2.36. The van der Waals surface area contributed by atoms with E-state index in [2.05, 4.69) is 21.4 Å². The van der Waals surface area contributed by atoms with Gasteiger partial charge in [-0.15, -0.1) is 0 Å². The molecule has 28 heavy (non-hydrogen) atoms. The van der Waals surface area contributed by atoms with Gasteiger partial charge in [0, 0.05) is 17.1 Å². The fourth-order valence-electron chi connectivity index (χ4n) is 3.02. The number of aromatic nitrogens is 2. The molecule has 1 aliphatic rings. The van der Waals surface area contributed by atoms with Crippen molar-refractivity contribution in [2.45, 2.75) is 29.2 Å². The number of carboxylic acid groups (broad SMARTS) is 1. The predicted octanol–water partition coefficient (Wildman–Crippen LogP) is 4.48. The summed E-state index contributed by atoms with van der Waals surface area (Å²) in [5.41, 5.74) is 1.63. The summed E-state index contributed by atoms with van der Waals surface area (Å²) < 4.78 is 12.8. The highest BCUT2D eigenvalue weighted by Gasteiger charge is 2.46. The van der Waals surface area contributed by atoms with Gasteiger partial charge in [-0.25, -0.2) is 14.4 Å². The lowest BCUT2D eigenvalue weighted by Crippen LogP contribution is -2.42. The van der Waals surface area contributed by atoms with Crippen LogP contribution < -0.4 is 5.32 Å². The minimum Gasteiger partial charge on any atom is -0.480 e. The number of nitrogens with one attached hydrogen (secondary N) is 1. The molecular formula is C20H15FN4O2S. The van der Waals surface area contributed by atoms with Crippen LogP contribution in [0.25, 0.3) is 10.9 Å². The molecule has 0 amide bonds. The Hall–Kier alpha value is -3.18. The van der Waals surface area contributed by atoms with E-state index in [1.54, 1.807) is 30.3 Å². The van der Waals surface area contributed by atoms with Crippen molar-refractivity contribution in [1.29, 1.82) is 5.26 Å². The Labute approximate surface area is 164 Å². The molecule has 140 valence electrons. The smallest absolute Gasteiger partial charge is 0.320 e. The Morgan fingerprint density at radius 2 is 1.96 bits per heavy atom. The van der Waals surface area contributed by atoms with Gasteiger partial charge >= 0.3 is 5.97 Å². The number of carbonyl (C=O) groups is 1. The van der Waals surface area contributed by atoms with Gasteiger partial charge in [-0.05, 0) is 55.7 Å². The first-order valence-electron chi connectivity index (χ1n) is 8.66. The van der Waals surface area contributed by atoms with E-state index in [0.717, 1.165) is 18.2 Å². The van der Waals surface area contributed by atoms with Crippen molar-refractivity contribution in [3.63, 3.8) is 0 Å². The zero-order valence-electron chi connectivity index (χ0n) is 14.6. The molecule has 4 rings (SSSR count). The molecule has 8 heteroatoms. The average Bonchev–Trinajstić information content (AvgIpc) is 2.64. The Kier molecular flexibility index (Phi) is 4.61. The molecule has 0 spiro atoms. The fourth-order valence-corrected chi connectivity index (χ4v) is 4.23. The summed E-state index contributed by atoms with van der Waals surface area (Å²) in [6, 6.07) is 13.1. The van der Waals surface area contributed by atoms with Crippen molar-refractivity contribution >= 4 is 40.1 Å². The molecule has 1 heterocycles. The number of thioether (sulfide) groups is 1. The van der Waals surface area contributed by atoms with Crippen molar-refractivity contribution in [3.05, 3.63) is 53.8 Å². The highest BCUT2D eigenvalue weighted by molar-refractivity contribution is 8.01. The van der Waals surface area contributed by atoms with Crippen LogP contribution in [0.15, 0.2) is 47.6 Å². The van der Waals surface area contributed by atoms with E-state index >= 15 is 0 Å². The van der Waals surface area contributed by atoms with E-state index < -0.39 is 16.5 Å².